The highest BCUT2D eigenvalue weighted by atomic mass is 16.5. The first-order valence-electron chi connectivity index (χ1n) is 6.83. The maximum absolute atomic E-state index is 5.36. The summed E-state index contributed by atoms with van der Waals surface area (Å²) in [6.45, 7) is 3.02. The van der Waals surface area contributed by atoms with Gasteiger partial charge in [-0.3, -0.25) is 4.98 Å². The van der Waals surface area contributed by atoms with Crippen LogP contribution < -0.4 is 5.32 Å². The number of nitrogens with zero attached hydrogens (tertiary/aromatic N) is 3. The standard InChI is InChI=1S/C14H18N4O/c1-10-6-5-9-16-12(10)14-17-13(18-19-14)11-7-3-2-4-8-15-11/h5-6,9,11,15H,2-4,7-8H2,1H3. The van der Waals surface area contributed by atoms with Crippen LogP contribution in [-0.2, 0) is 0 Å². The largest absolute Gasteiger partial charge is 0.332 e. The summed E-state index contributed by atoms with van der Waals surface area (Å²) < 4.78 is 5.36. The Morgan fingerprint density at radius 3 is 3.16 bits per heavy atom. The van der Waals surface area contributed by atoms with Gasteiger partial charge in [0.2, 0.25) is 0 Å². The van der Waals surface area contributed by atoms with Crippen LogP contribution in [0, 0.1) is 6.92 Å². The Bertz CT molecular complexity index is 544. The number of pyridine rings is 1. The summed E-state index contributed by atoms with van der Waals surface area (Å²) in [5.41, 5.74) is 1.82. The molecule has 0 bridgehead atoms. The molecule has 0 amide bonds. The van der Waals surface area contributed by atoms with Crippen molar-refractivity contribution in [3.8, 4) is 11.6 Å². The predicted octanol–water partition coefficient (Wildman–Crippen LogP) is 2.64. The van der Waals surface area contributed by atoms with Crippen molar-refractivity contribution in [1.82, 2.24) is 20.4 Å². The van der Waals surface area contributed by atoms with Gasteiger partial charge in [-0.05, 0) is 37.9 Å². The maximum atomic E-state index is 5.36. The number of hydrogen-bond donors (Lipinski definition) is 1. The van der Waals surface area contributed by atoms with E-state index in [0.717, 1.165) is 30.0 Å². The van der Waals surface area contributed by atoms with Gasteiger partial charge < -0.3 is 9.84 Å². The van der Waals surface area contributed by atoms with Crippen molar-refractivity contribution in [2.45, 2.75) is 38.6 Å². The zero-order chi connectivity index (χ0) is 13.1. The molecule has 5 nitrogen and oxygen atoms in total. The van der Waals surface area contributed by atoms with Crippen LogP contribution in [0.3, 0.4) is 0 Å². The molecule has 3 rings (SSSR count). The summed E-state index contributed by atoms with van der Waals surface area (Å²) in [7, 11) is 0. The van der Waals surface area contributed by atoms with E-state index in [1.165, 1.54) is 19.3 Å². The molecule has 3 heterocycles. The van der Waals surface area contributed by atoms with Gasteiger partial charge in [-0.1, -0.05) is 24.1 Å². The van der Waals surface area contributed by atoms with Gasteiger partial charge in [0.15, 0.2) is 5.82 Å². The minimum Gasteiger partial charge on any atom is -0.332 e. The number of nitrogens with one attached hydrogen (secondary N) is 1. The Labute approximate surface area is 112 Å². The van der Waals surface area contributed by atoms with E-state index in [-0.39, 0.29) is 6.04 Å². The van der Waals surface area contributed by atoms with Gasteiger partial charge in [0.25, 0.3) is 5.89 Å². The number of rotatable bonds is 2. The van der Waals surface area contributed by atoms with Gasteiger partial charge in [-0.25, -0.2) is 0 Å². The molecule has 0 spiro atoms. The van der Waals surface area contributed by atoms with Crippen LogP contribution in [0.25, 0.3) is 11.6 Å². The van der Waals surface area contributed by atoms with E-state index in [1.54, 1.807) is 6.20 Å². The van der Waals surface area contributed by atoms with Crippen LogP contribution in [0.2, 0.25) is 0 Å². The summed E-state index contributed by atoms with van der Waals surface area (Å²) in [6.07, 6.45) is 6.52. The molecular weight excluding hydrogens is 240 g/mol. The van der Waals surface area contributed by atoms with E-state index in [1.807, 2.05) is 19.1 Å². The first-order valence-corrected chi connectivity index (χ1v) is 6.83. The Morgan fingerprint density at radius 2 is 2.26 bits per heavy atom. The molecule has 1 unspecified atom stereocenters. The molecule has 0 saturated carbocycles. The third kappa shape index (κ3) is 2.66. The van der Waals surface area contributed by atoms with Gasteiger partial charge in [0, 0.05) is 6.20 Å². The molecule has 1 aliphatic rings. The highest BCUT2D eigenvalue weighted by Gasteiger charge is 2.20. The second-order valence-electron chi connectivity index (χ2n) is 4.98. The topological polar surface area (TPSA) is 63.8 Å². The number of hydrogen-bond acceptors (Lipinski definition) is 5. The molecule has 1 saturated heterocycles. The lowest BCUT2D eigenvalue weighted by Gasteiger charge is -2.09. The third-order valence-electron chi connectivity index (χ3n) is 3.53. The second kappa shape index (κ2) is 5.48. The zero-order valence-electron chi connectivity index (χ0n) is 11.1. The molecule has 19 heavy (non-hydrogen) atoms. The van der Waals surface area contributed by atoms with Crippen molar-refractivity contribution in [3.63, 3.8) is 0 Å². The fourth-order valence-electron chi connectivity index (χ4n) is 2.43. The molecule has 0 radical (unpaired) electrons. The van der Waals surface area contributed by atoms with Crippen molar-refractivity contribution in [1.29, 1.82) is 0 Å². The molecule has 2 aromatic rings. The molecule has 0 aromatic carbocycles. The van der Waals surface area contributed by atoms with Gasteiger partial charge >= 0.3 is 0 Å². The van der Waals surface area contributed by atoms with Crippen molar-refractivity contribution < 1.29 is 4.52 Å². The van der Waals surface area contributed by atoms with E-state index in [9.17, 15) is 0 Å². The van der Waals surface area contributed by atoms with E-state index in [4.69, 9.17) is 4.52 Å². The van der Waals surface area contributed by atoms with E-state index in [0.29, 0.717) is 5.89 Å². The molecule has 0 aliphatic carbocycles. The van der Waals surface area contributed by atoms with Gasteiger partial charge in [0.1, 0.15) is 5.69 Å². The van der Waals surface area contributed by atoms with Gasteiger partial charge in [-0.15, -0.1) is 0 Å². The first-order chi connectivity index (χ1) is 9.34. The second-order valence-corrected chi connectivity index (χ2v) is 4.98. The summed E-state index contributed by atoms with van der Waals surface area (Å²) in [4.78, 5) is 8.81. The summed E-state index contributed by atoms with van der Waals surface area (Å²) in [5.74, 6) is 1.26. The lowest BCUT2D eigenvalue weighted by atomic mass is 10.1. The Hall–Kier alpha value is -1.75. The van der Waals surface area contributed by atoms with Crippen LogP contribution in [0.1, 0.15) is 43.1 Å². The molecule has 2 aromatic heterocycles. The van der Waals surface area contributed by atoms with Crippen LogP contribution in [0.15, 0.2) is 22.9 Å². The molecule has 1 fully saturated rings. The summed E-state index contributed by atoms with van der Waals surface area (Å²) in [6, 6.07) is 4.11. The lowest BCUT2D eigenvalue weighted by molar-refractivity contribution is 0.401. The molecule has 1 aliphatic heterocycles. The Morgan fingerprint density at radius 1 is 1.32 bits per heavy atom. The van der Waals surface area contributed by atoms with Crippen molar-refractivity contribution in [2.24, 2.45) is 0 Å². The molecular formula is C14H18N4O. The van der Waals surface area contributed by atoms with Gasteiger partial charge in [0.05, 0.1) is 6.04 Å². The third-order valence-corrected chi connectivity index (χ3v) is 3.53. The van der Waals surface area contributed by atoms with Crippen LogP contribution in [0.4, 0.5) is 0 Å². The average Bonchev–Trinajstić information content (AvgIpc) is 2.75. The minimum absolute atomic E-state index is 0.212. The number of aromatic nitrogens is 3. The van der Waals surface area contributed by atoms with Crippen molar-refractivity contribution >= 4 is 0 Å². The van der Waals surface area contributed by atoms with Crippen molar-refractivity contribution in [2.75, 3.05) is 6.54 Å². The monoisotopic (exact) mass is 258 g/mol. The maximum Gasteiger partial charge on any atom is 0.276 e. The van der Waals surface area contributed by atoms with E-state index < -0.39 is 0 Å². The molecule has 1 N–H and O–H groups in total. The van der Waals surface area contributed by atoms with Crippen molar-refractivity contribution in [3.05, 3.63) is 29.7 Å². The first kappa shape index (κ1) is 12.3. The Kier molecular flexibility index (Phi) is 3.55. The van der Waals surface area contributed by atoms with Crippen LogP contribution in [-0.4, -0.2) is 21.7 Å². The molecule has 5 heteroatoms. The van der Waals surface area contributed by atoms with E-state index >= 15 is 0 Å². The molecule has 100 valence electrons. The fourth-order valence-corrected chi connectivity index (χ4v) is 2.43. The summed E-state index contributed by atoms with van der Waals surface area (Å²) in [5, 5.41) is 7.58. The zero-order valence-corrected chi connectivity index (χ0v) is 11.1. The normalized spacial score (nSPS) is 20.2. The SMILES string of the molecule is Cc1cccnc1-c1nc(C2CCCCCN2)no1. The highest BCUT2D eigenvalue weighted by molar-refractivity contribution is 5.51. The summed E-state index contributed by atoms with van der Waals surface area (Å²) >= 11 is 0. The fraction of sp³-hybridized carbons (Fsp3) is 0.500. The predicted molar refractivity (Wildman–Crippen MR) is 71.5 cm³/mol. The molecule has 1 atom stereocenters. The smallest absolute Gasteiger partial charge is 0.276 e. The van der Waals surface area contributed by atoms with Crippen LogP contribution >= 0.6 is 0 Å². The number of aryl methyl sites for hydroxylation is 1. The van der Waals surface area contributed by atoms with Crippen LogP contribution in [0.5, 0.6) is 0 Å². The lowest BCUT2D eigenvalue weighted by Crippen LogP contribution is -2.21. The quantitative estimate of drug-likeness (QED) is 0.897. The van der Waals surface area contributed by atoms with Gasteiger partial charge in [-0.2, -0.15) is 4.98 Å². The Balaban J connectivity index is 1.85. The van der Waals surface area contributed by atoms with E-state index in [2.05, 4.69) is 20.4 Å². The average molecular weight is 258 g/mol. The highest BCUT2D eigenvalue weighted by Crippen LogP contribution is 2.24. The minimum atomic E-state index is 0.212.